The van der Waals surface area contributed by atoms with E-state index < -0.39 is 0 Å². The molecular weight excluding hydrogens is 134 g/mol. The molecule has 0 radical (unpaired) electrons. The van der Waals surface area contributed by atoms with Gasteiger partial charge in [-0.1, -0.05) is 20.8 Å². The first-order valence-electron chi connectivity index (χ1n) is 4.87. The summed E-state index contributed by atoms with van der Waals surface area (Å²) in [4.78, 5) is 0. The van der Waals surface area contributed by atoms with E-state index >= 15 is 0 Å². The largest absolute Gasteiger partial charge is 0.330 e. The summed E-state index contributed by atoms with van der Waals surface area (Å²) in [5.74, 6) is 3.96. The molecular formula is C10H19N. The van der Waals surface area contributed by atoms with Gasteiger partial charge in [0.25, 0.3) is 0 Å². The Kier molecular flexibility index (Phi) is 1.39. The van der Waals surface area contributed by atoms with E-state index in [9.17, 15) is 0 Å². The second-order valence-electron chi connectivity index (χ2n) is 4.65. The number of hydrogen-bond acceptors (Lipinski definition) is 1. The molecule has 11 heavy (non-hydrogen) atoms. The molecule has 0 aromatic carbocycles. The quantitative estimate of drug-likeness (QED) is 0.658. The van der Waals surface area contributed by atoms with Gasteiger partial charge in [-0.15, -0.1) is 0 Å². The van der Waals surface area contributed by atoms with Crippen LogP contribution in [0.5, 0.6) is 0 Å². The Bertz CT molecular complexity index is 176. The summed E-state index contributed by atoms with van der Waals surface area (Å²) in [6.07, 6.45) is 1.27. The average molecular weight is 153 g/mol. The number of rotatable bonds is 3. The van der Waals surface area contributed by atoms with Gasteiger partial charge in [0, 0.05) is 0 Å². The third-order valence-electron chi connectivity index (χ3n) is 4.24. The smallest absolute Gasteiger partial charge is 0.00743 e. The fourth-order valence-electron chi connectivity index (χ4n) is 3.70. The van der Waals surface area contributed by atoms with Crippen molar-refractivity contribution in [3.63, 3.8) is 0 Å². The Morgan fingerprint density at radius 3 is 2.36 bits per heavy atom. The second kappa shape index (κ2) is 2.01. The van der Waals surface area contributed by atoms with E-state index in [1.54, 1.807) is 0 Å². The van der Waals surface area contributed by atoms with Crippen molar-refractivity contribution in [3.8, 4) is 0 Å². The Labute approximate surface area is 69.4 Å². The molecule has 2 rings (SSSR count). The average Bonchev–Trinajstić information content (AvgIpc) is 2.76. The van der Waals surface area contributed by atoms with Crippen LogP contribution in [-0.4, -0.2) is 6.54 Å². The highest BCUT2D eigenvalue weighted by Gasteiger charge is 2.83. The molecule has 2 fully saturated rings. The standard InChI is InChI=1S/C10H19N/c1-6(2)10-7(3)9(10)8(10)4-5-11/h6-9H,4-5,11H2,1-3H3/t7-,8?,9?,10?/m1/s1. The maximum absolute atomic E-state index is 5.56. The van der Waals surface area contributed by atoms with Crippen molar-refractivity contribution in [2.24, 2.45) is 34.8 Å². The van der Waals surface area contributed by atoms with E-state index in [2.05, 4.69) is 20.8 Å². The molecule has 64 valence electrons. The van der Waals surface area contributed by atoms with Crippen molar-refractivity contribution in [3.05, 3.63) is 0 Å². The topological polar surface area (TPSA) is 26.0 Å². The molecule has 0 aromatic rings. The lowest BCUT2D eigenvalue weighted by molar-refractivity contribution is 0.302. The van der Waals surface area contributed by atoms with E-state index in [0.29, 0.717) is 0 Å². The first kappa shape index (κ1) is 7.60. The third-order valence-corrected chi connectivity index (χ3v) is 4.24. The summed E-state index contributed by atoms with van der Waals surface area (Å²) >= 11 is 0. The highest BCUT2D eigenvalue weighted by Crippen LogP contribution is 2.87. The first-order chi connectivity index (χ1) is 5.17. The second-order valence-corrected chi connectivity index (χ2v) is 4.65. The van der Waals surface area contributed by atoms with Crippen LogP contribution in [0.3, 0.4) is 0 Å². The van der Waals surface area contributed by atoms with Gasteiger partial charge in [0.1, 0.15) is 0 Å². The summed E-state index contributed by atoms with van der Waals surface area (Å²) < 4.78 is 0. The lowest BCUT2D eigenvalue weighted by Crippen LogP contribution is -2.15. The molecule has 2 saturated carbocycles. The molecule has 0 bridgehead atoms. The van der Waals surface area contributed by atoms with E-state index in [1.807, 2.05) is 0 Å². The molecule has 4 atom stereocenters. The van der Waals surface area contributed by atoms with Crippen LogP contribution in [0.4, 0.5) is 0 Å². The van der Waals surface area contributed by atoms with Crippen LogP contribution in [0, 0.1) is 29.1 Å². The van der Waals surface area contributed by atoms with Gasteiger partial charge in [-0.3, -0.25) is 0 Å². The monoisotopic (exact) mass is 153 g/mol. The maximum Gasteiger partial charge on any atom is -0.00743 e. The van der Waals surface area contributed by atoms with Gasteiger partial charge in [0.05, 0.1) is 0 Å². The van der Waals surface area contributed by atoms with Gasteiger partial charge in [-0.2, -0.15) is 0 Å². The molecule has 2 N–H and O–H groups in total. The highest BCUT2D eigenvalue weighted by molar-refractivity contribution is 5.30. The molecule has 2 aliphatic rings. The number of hydrogen-bond donors (Lipinski definition) is 1. The fraction of sp³-hybridized carbons (Fsp3) is 1.00. The van der Waals surface area contributed by atoms with Crippen molar-refractivity contribution in [1.29, 1.82) is 0 Å². The van der Waals surface area contributed by atoms with Crippen LogP contribution >= 0.6 is 0 Å². The molecule has 2 aliphatic carbocycles. The van der Waals surface area contributed by atoms with Crippen molar-refractivity contribution in [2.45, 2.75) is 27.2 Å². The van der Waals surface area contributed by atoms with E-state index in [1.165, 1.54) is 6.42 Å². The lowest BCUT2D eigenvalue weighted by atomic mass is 9.87. The van der Waals surface area contributed by atoms with Crippen LogP contribution < -0.4 is 5.73 Å². The van der Waals surface area contributed by atoms with Crippen LogP contribution in [-0.2, 0) is 0 Å². The molecule has 0 spiro atoms. The van der Waals surface area contributed by atoms with Crippen molar-refractivity contribution >= 4 is 0 Å². The van der Waals surface area contributed by atoms with Gasteiger partial charge in [0.15, 0.2) is 0 Å². The van der Waals surface area contributed by atoms with Crippen molar-refractivity contribution in [1.82, 2.24) is 0 Å². The Hall–Kier alpha value is -0.0400. The third kappa shape index (κ3) is 0.658. The molecule has 0 aromatic heterocycles. The van der Waals surface area contributed by atoms with Gasteiger partial charge < -0.3 is 5.73 Å². The van der Waals surface area contributed by atoms with Crippen LogP contribution in [0.1, 0.15) is 27.2 Å². The van der Waals surface area contributed by atoms with E-state index in [0.717, 1.165) is 35.6 Å². The normalized spacial score (nSPS) is 52.6. The van der Waals surface area contributed by atoms with Gasteiger partial charge >= 0.3 is 0 Å². The molecule has 3 unspecified atom stereocenters. The summed E-state index contributed by atoms with van der Waals surface area (Å²) in [6, 6.07) is 0. The minimum Gasteiger partial charge on any atom is -0.330 e. The van der Waals surface area contributed by atoms with Gasteiger partial charge in [0.2, 0.25) is 0 Å². The summed E-state index contributed by atoms with van der Waals surface area (Å²) in [7, 11) is 0. The zero-order chi connectivity index (χ0) is 8.22. The predicted octanol–water partition coefficient (Wildman–Crippen LogP) is 1.87. The molecule has 0 heterocycles. The first-order valence-corrected chi connectivity index (χ1v) is 4.87. The zero-order valence-electron chi connectivity index (χ0n) is 7.80. The van der Waals surface area contributed by atoms with E-state index in [-0.39, 0.29) is 0 Å². The Balaban J connectivity index is 1.96. The summed E-state index contributed by atoms with van der Waals surface area (Å²) in [5, 5.41) is 0. The molecule has 0 saturated heterocycles. The van der Waals surface area contributed by atoms with Crippen LogP contribution in [0.25, 0.3) is 0 Å². The SMILES string of the molecule is CC(C)C12C(CCN)C1[C@H]2C. The Morgan fingerprint density at radius 1 is 1.45 bits per heavy atom. The predicted molar refractivity (Wildman–Crippen MR) is 47.1 cm³/mol. The highest BCUT2D eigenvalue weighted by atomic mass is 14.9. The van der Waals surface area contributed by atoms with Crippen molar-refractivity contribution < 1.29 is 0 Å². The zero-order valence-corrected chi connectivity index (χ0v) is 7.80. The summed E-state index contributed by atoms with van der Waals surface area (Å²) in [5.41, 5.74) is 6.32. The number of fused-ring (bicyclic) bond motifs is 1. The Morgan fingerprint density at radius 2 is 2.09 bits per heavy atom. The molecule has 0 amide bonds. The van der Waals surface area contributed by atoms with Crippen LogP contribution in [0.2, 0.25) is 0 Å². The van der Waals surface area contributed by atoms with Crippen LogP contribution in [0.15, 0.2) is 0 Å². The molecule has 0 aliphatic heterocycles. The minimum atomic E-state index is 0.763. The van der Waals surface area contributed by atoms with Crippen molar-refractivity contribution in [2.75, 3.05) is 6.54 Å². The lowest BCUT2D eigenvalue weighted by Gasteiger charge is -2.18. The van der Waals surface area contributed by atoms with Gasteiger partial charge in [-0.05, 0) is 42.1 Å². The fourth-order valence-corrected chi connectivity index (χ4v) is 3.70. The number of nitrogens with two attached hydrogens (primary N) is 1. The molecule has 1 nitrogen and oxygen atoms in total. The minimum absolute atomic E-state index is 0.763. The maximum atomic E-state index is 5.56. The summed E-state index contributed by atoms with van der Waals surface area (Å²) in [6.45, 7) is 8.03. The van der Waals surface area contributed by atoms with Gasteiger partial charge in [-0.25, -0.2) is 0 Å². The van der Waals surface area contributed by atoms with E-state index in [4.69, 9.17) is 5.73 Å². The molecule has 1 heteroatoms.